The maximum atomic E-state index is 12.9. The van der Waals surface area contributed by atoms with E-state index >= 15 is 0 Å². The van der Waals surface area contributed by atoms with Crippen LogP contribution in [0.4, 0.5) is 17.2 Å². The van der Waals surface area contributed by atoms with Gasteiger partial charge in [0.1, 0.15) is 5.82 Å². The van der Waals surface area contributed by atoms with Gasteiger partial charge in [-0.05, 0) is 87.0 Å². The molecule has 1 saturated heterocycles. The smallest absolute Gasteiger partial charge is 0.229 e. The molecule has 212 valence electrons. The van der Waals surface area contributed by atoms with E-state index in [2.05, 4.69) is 62.4 Å². The summed E-state index contributed by atoms with van der Waals surface area (Å²) in [4.78, 5) is 27.2. The number of hydrogen-bond donors (Lipinski definition) is 2. The van der Waals surface area contributed by atoms with Crippen LogP contribution < -0.4 is 15.5 Å². The molecule has 1 aliphatic heterocycles. The van der Waals surface area contributed by atoms with Crippen molar-refractivity contribution in [3.8, 4) is 0 Å². The van der Waals surface area contributed by atoms with Gasteiger partial charge in [0.15, 0.2) is 5.65 Å². The number of pyridine rings is 2. The largest absolute Gasteiger partial charge is 0.379 e. The minimum absolute atomic E-state index is 0.00242. The Morgan fingerprint density at radius 3 is 2.76 bits per heavy atom. The van der Waals surface area contributed by atoms with Crippen molar-refractivity contribution in [1.82, 2.24) is 19.3 Å². The van der Waals surface area contributed by atoms with Crippen LogP contribution in [0.5, 0.6) is 0 Å². The summed E-state index contributed by atoms with van der Waals surface area (Å²) in [5.41, 5.74) is 6.67. The number of benzene rings is 1. The molecule has 3 aliphatic rings. The van der Waals surface area contributed by atoms with Crippen molar-refractivity contribution in [1.29, 1.82) is 0 Å². The first-order valence-corrected chi connectivity index (χ1v) is 15.0. The third-order valence-electron chi connectivity index (χ3n) is 8.77. The van der Waals surface area contributed by atoms with Gasteiger partial charge < -0.3 is 24.8 Å². The van der Waals surface area contributed by atoms with Gasteiger partial charge in [-0.1, -0.05) is 23.7 Å². The fraction of sp³-hybridized carbons (Fsp3) is 0.406. The molecule has 2 saturated carbocycles. The predicted octanol–water partition coefficient (Wildman–Crippen LogP) is 5.75. The molecule has 1 amide bonds. The third-order valence-corrected chi connectivity index (χ3v) is 9.01. The molecule has 9 heteroatoms. The molecule has 8 nitrogen and oxygen atoms in total. The molecular formula is C32H36ClN7O. The number of amides is 1. The molecule has 0 spiro atoms. The Kier molecular flexibility index (Phi) is 6.83. The van der Waals surface area contributed by atoms with Gasteiger partial charge in [0.25, 0.3) is 0 Å². The lowest BCUT2D eigenvalue weighted by molar-refractivity contribution is -0.117. The average molecular weight is 570 g/mol. The summed E-state index contributed by atoms with van der Waals surface area (Å²) in [5.74, 6) is 1.38. The highest BCUT2D eigenvalue weighted by molar-refractivity contribution is 6.30. The Morgan fingerprint density at radius 2 is 1.98 bits per heavy atom. The van der Waals surface area contributed by atoms with E-state index in [0.29, 0.717) is 29.3 Å². The molecule has 4 aromatic rings. The van der Waals surface area contributed by atoms with E-state index < -0.39 is 0 Å². The highest BCUT2D eigenvalue weighted by atomic mass is 35.5. The molecule has 1 aromatic carbocycles. The van der Waals surface area contributed by atoms with Crippen molar-refractivity contribution in [3.05, 3.63) is 82.9 Å². The number of imidazole rings is 1. The van der Waals surface area contributed by atoms with E-state index in [0.717, 1.165) is 42.1 Å². The van der Waals surface area contributed by atoms with Crippen LogP contribution in [-0.2, 0) is 11.3 Å². The fourth-order valence-corrected chi connectivity index (χ4v) is 6.30. The number of anilines is 3. The minimum atomic E-state index is -0.0526. The summed E-state index contributed by atoms with van der Waals surface area (Å²) in [5, 5.41) is 7.18. The van der Waals surface area contributed by atoms with Crippen molar-refractivity contribution in [2.75, 3.05) is 42.7 Å². The van der Waals surface area contributed by atoms with E-state index in [1.807, 2.05) is 36.4 Å². The SMILES string of the molecule is CN(C)C1CCN(c2cc(C3CC3)cn3cc(CNc4ccnc(NC(=O)[C@H]5C[C@@H]5c5cccc(Cl)c5)c4)nc23)C1. The predicted molar refractivity (Wildman–Crippen MR) is 164 cm³/mol. The topological polar surface area (TPSA) is 77.8 Å². The van der Waals surface area contributed by atoms with Crippen LogP contribution in [0.2, 0.25) is 5.02 Å². The second-order valence-corrected chi connectivity index (χ2v) is 12.5. The first-order chi connectivity index (χ1) is 19.9. The van der Waals surface area contributed by atoms with Gasteiger partial charge in [-0.15, -0.1) is 0 Å². The number of rotatable bonds is 9. The second-order valence-electron chi connectivity index (χ2n) is 12.0. The summed E-state index contributed by atoms with van der Waals surface area (Å²) in [6, 6.07) is 14.5. The van der Waals surface area contributed by atoms with Crippen LogP contribution in [0, 0.1) is 5.92 Å². The number of carbonyl (C=O) groups is 1. The first kappa shape index (κ1) is 26.3. The number of fused-ring (bicyclic) bond motifs is 1. The van der Waals surface area contributed by atoms with Crippen LogP contribution in [0.3, 0.4) is 0 Å². The summed E-state index contributed by atoms with van der Waals surface area (Å²) >= 11 is 6.14. The van der Waals surface area contributed by atoms with Crippen LogP contribution in [0.25, 0.3) is 5.65 Å². The van der Waals surface area contributed by atoms with Crippen LogP contribution in [0.15, 0.2) is 61.1 Å². The Labute approximate surface area is 245 Å². The fourth-order valence-electron chi connectivity index (χ4n) is 6.10. The Balaban J connectivity index is 1.03. The molecular weight excluding hydrogens is 534 g/mol. The van der Waals surface area contributed by atoms with E-state index in [9.17, 15) is 4.79 Å². The molecule has 0 bridgehead atoms. The van der Waals surface area contributed by atoms with Gasteiger partial charge in [0.05, 0.1) is 17.9 Å². The molecule has 2 N–H and O–H groups in total. The van der Waals surface area contributed by atoms with Crippen molar-refractivity contribution in [2.45, 2.75) is 50.1 Å². The lowest BCUT2D eigenvalue weighted by Gasteiger charge is -2.22. The van der Waals surface area contributed by atoms with Crippen molar-refractivity contribution >= 4 is 40.3 Å². The van der Waals surface area contributed by atoms with Gasteiger partial charge in [0.2, 0.25) is 5.91 Å². The zero-order chi connectivity index (χ0) is 28.1. The third kappa shape index (κ3) is 5.63. The monoisotopic (exact) mass is 569 g/mol. The van der Waals surface area contributed by atoms with Crippen LogP contribution in [0.1, 0.15) is 54.3 Å². The number of halogens is 1. The molecule has 41 heavy (non-hydrogen) atoms. The van der Waals surface area contributed by atoms with E-state index in [1.54, 1.807) is 6.20 Å². The molecule has 1 unspecified atom stereocenters. The van der Waals surface area contributed by atoms with E-state index in [4.69, 9.17) is 16.6 Å². The number of nitrogens with zero attached hydrogens (tertiary/aromatic N) is 5. The molecule has 2 aliphatic carbocycles. The number of carbonyl (C=O) groups excluding carboxylic acids is 1. The standard InChI is InChI=1S/C32H36ClN7O/c1-38(2)26-9-11-39(19-26)29-13-22(20-6-7-20)17-40-18-25(36-31(29)40)16-35-24-8-10-34-30(14-24)37-32(41)28-15-27(28)21-4-3-5-23(33)12-21/h3-5,8,10,12-14,17-18,20,26-28H,6-7,9,11,15-16,19H2,1-2H3,(H2,34,35,37,41)/t26?,27-,28+/m1/s1. The summed E-state index contributed by atoms with van der Waals surface area (Å²) in [6.07, 6.45) is 10.7. The zero-order valence-electron chi connectivity index (χ0n) is 23.6. The number of nitrogens with one attached hydrogen (secondary N) is 2. The van der Waals surface area contributed by atoms with E-state index in [1.165, 1.54) is 30.5 Å². The Morgan fingerprint density at radius 1 is 1.10 bits per heavy atom. The van der Waals surface area contributed by atoms with Gasteiger partial charge in [-0.2, -0.15) is 0 Å². The number of aromatic nitrogens is 3. The van der Waals surface area contributed by atoms with Crippen molar-refractivity contribution in [2.24, 2.45) is 5.92 Å². The maximum absolute atomic E-state index is 12.9. The van der Waals surface area contributed by atoms with Gasteiger partial charge in [-0.25, -0.2) is 9.97 Å². The Bertz CT molecular complexity index is 1600. The maximum Gasteiger partial charge on any atom is 0.229 e. The van der Waals surface area contributed by atoms with Gasteiger partial charge in [-0.3, -0.25) is 4.79 Å². The first-order valence-electron chi connectivity index (χ1n) is 14.6. The highest BCUT2D eigenvalue weighted by Gasteiger charge is 2.44. The molecule has 3 aromatic heterocycles. The summed E-state index contributed by atoms with van der Waals surface area (Å²) in [7, 11) is 4.34. The molecule has 3 fully saturated rings. The van der Waals surface area contributed by atoms with Crippen molar-refractivity contribution < 1.29 is 4.79 Å². The Hall–Kier alpha value is -3.62. The highest BCUT2D eigenvalue weighted by Crippen LogP contribution is 2.48. The van der Waals surface area contributed by atoms with Crippen LogP contribution >= 0.6 is 11.6 Å². The van der Waals surface area contributed by atoms with Crippen molar-refractivity contribution in [3.63, 3.8) is 0 Å². The molecule has 0 radical (unpaired) electrons. The lowest BCUT2D eigenvalue weighted by Crippen LogP contribution is -2.31. The number of hydrogen-bond acceptors (Lipinski definition) is 6. The summed E-state index contributed by atoms with van der Waals surface area (Å²) in [6.45, 7) is 2.67. The van der Waals surface area contributed by atoms with Crippen LogP contribution in [-0.4, -0.2) is 58.4 Å². The minimum Gasteiger partial charge on any atom is -0.379 e. The average Bonchev–Trinajstić information content (AvgIpc) is 3.87. The molecule has 7 rings (SSSR count). The number of likely N-dealkylation sites (N-methyl/N-ethyl adjacent to an activating group) is 1. The van der Waals surface area contributed by atoms with Gasteiger partial charge in [0, 0.05) is 60.4 Å². The lowest BCUT2D eigenvalue weighted by atomic mass is 10.1. The zero-order valence-corrected chi connectivity index (χ0v) is 24.3. The van der Waals surface area contributed by atoms with E-state index in [-0.39, 0.29) is 17.7 Å². The van der Waals surface area contributed by atoms with Gasteiger partial charge >= 0.3 is 0 Å². The second kappa shape index (κ2) is 10.7. The quantitative estimate of drug-likeness (QED) is 0.267. The summed E-state index contributed by atoms with van der Waals surface area (Å²) < 4.78 is 2.22. The normalized spacial score (nSPS) is 22.0. The molecule has 4 heterocycles. The molecule has 3 atom stereocenters.